The number of rotatable bonds is 10. The Morgan fingerprint density at radius 3 is 2.75 bits per heavy atom. The molecular weight excluding hydrogens is 521 g/mol. The van der Waals surface area contributed by atoms with Crippen molar-refractivity contribution in [3.05, 3.63) is 76.2 Å². The van der Waals surface area contributed by atoms with Crippen molar-refractivity contribution < 1.29 is 28.5 Å². The van der Waals surface area contributed by atoms with E-state index in [1.807, 2.05) is 24.0 Å². The van der Waals surface area contributed by atoms with Crippen LogP contribution in [0.15, 0.2) is 53.8 Å². The van der Waals surface area contributed by atoms with Crippen molar-refractivity contribution in [2.45, 2.75) is 25.8 Å². The largest absolute Gasteiger partial charge is 0.477 e. The van der Waals surface area contributed by atoms with Gasteiger partial charge in [0.25, 0.3) is 0 Å². The summed E-state index contributed by atoms with van der Waals surface area (Å²) in [5.74, 6) is -1.06. The van der Waals surface area contributed by atoms with E-state index in [4.69, 9.17) is 14.2 Å². The quantitative estimate of drug-likeness (QED) is 0.294. The Morgan fingerprint density at radius 2 is 2.02 bits per heavy atom. The summed E-state index contributed by atoms with van der Waals surface area (Å²) in [6, 6.07) is 6.24. The Kier molecular flexibility index (Phi) is 7.87. The molecule has 1 saturated heterocycles. The highest BCUT2D eigenvalue weighted by atomic mass is 19.1. The number of benzene rings is 1. The summed E-state index contributed by atoms with van der Waals surface area (Å²) < 4.78 is 33.4. The summed E-state index contributed by atoms with van der Waals surface area (Å²) in [6.45, 7) is 3.44. The molecule has 40 heavy (non-hydrogen) atoms. The molecule has 5 rings (SSSR count). The average molecular weight is 550 g/mol. The zero-order valence-electron chi connectivity index (χ0n) is 22.0. The maximum Gasteiger partial charge on any atom is 0.341 e. The van der Waals surface area contributed by atoms with E-state index in [2.05, 4.69) is 15.0 Å². The first-order chi connectivity index (χ1) is 19.4. The molecular formula is C28H28FN5O6. The molecule has 0 unspecified atom stereocenters. The SMILES string of the molecule is COCCOc1cnc(-n2cc(C(=O)O)c(=O)c3cc(F)c(N4CCC[C@@H]4COc4ncccc4C)cc32)cn1. The molecule has 1 fully saturated rings. The topological polar surface area (TPSA) is 129 Å². The van der Waals surface area contributed by atoms with Crippen LogP contribution < -0.4 is 19.8 Å². The van der Waals surface area contributed by atoms with Gasteiger partial charge in [0.05, 0.1) is 41.6 Å². The minimum atomic E-state index is -1.43. The number of methoxy groups -OCH3 is 1. The smallest absolute Gasteiger partial charge is 0.341 e. The predicted octanol–water partition coefficient (Wildman–Crippen LogP) is 3.39. The van der Waals surface area contributed by atoms with Gasteiger partial charge in [-0.1, -0.05) is 6.07 Å². The van der Waals surface area contributed by atoms with Crippen LogP contribution in [0.25, 0.3) is 16.7 Å². The molecule has 12 heteroatoms. The molecule has 4 aromatic rings. The van der Waals surface area contributed by atoms with Crippen molar-refractivity contribution in [2.75, 3.05) is 38.4 Å². The molecule has 0 radical (unpaired) electrons. The number of pyridine rings is 2. The number of aromatic nitrogens is 4. The standard InChI is InChI=1S/C28H28FN5O6/c1-17-5-3-7-30-27(17)40-16-18-6-4-8-33(18)23-12-22-19(11-21(23)29)26(35)20(28(36)37)15-34(22)24-13-32-25(14-31-24)39-10-9-38-2/h3,5,7,11-15,18H,4,6,8-10,16H2,1-2H3,(H,36,37)/t18-/m1/s1. The van der Waals surface area contributed by atoms with Crippen molar-refractivity contribution in [1.29, 1.82) is 0 Å². The molecule has 208 valence electrons. The fraction of sp³-hybridized carbons (Fsp3) is 0.321. The zero-order chi connectivity index (χ0) is 28.2. The predicted molar refractivity (Wildman–Crippen MR) is 144 cm³/mol. The number of nitrogens with zero attached hydrogens (tertiary/aromatic N) is 5. The van der Waals surface area contributed by atoms with Crippen molar-refractivity contribution in [2.24, 2.45) is 0 Å². The van der Waals surface area contributed by atoms with Crippen LogP contribution in [0.2, 0.25) is 0 Å². The highest BCUT2D eigenvalue weighted by Gasteiger charge is 2.29. The molecule has 1 aliphatic heterocycles. The van der Waals surface area contributed by atoms with Crippen LogP contribution in [-0.4, -0.2) is 70.1 Å². The van der Waals surface area contributed by atoms with Crippen LogP contribution >= 0.6 is 0 Å². The van der Waals surface area contributed by atoms with Crippen LogP contribution in [-0.2, 0) is 4.74 Å². The number of fused-ring (bicyclic) bond motifs is 1. The number of carboxylic acids is 1. The number of carboxylic acid groups (broad SMARTS) is 1. The second-order valence-corrected chi connectivity index (χ2v) is 9.35. The van der Waals surface area contributed by atoms with Gasteiger partial charge in [0.2, 0.25) is 17.2 Å². The fourth-order valence-electron chi connectivity index (χ4n) is 4.76. The van der Waals surface area contributed by atoms with Crippen LogP contribution in [0.5, 0.6) is 11.8 Å². The van der Waals surface area contributed by atoms with Crippen molar-refractivity contribution in [1.82, 2.24) is 19.5 Å². The lowest BCUT2D eigenvalue weighted by atomic mass is 10.1. The third-order valence-electron chi connectivity index (χ3n) is 6.76. The molecule has 3 aromatic heterocycles. The van der Waals surface area contributed by atoms with Gasteiger partial charge in [-0.2, -0.15) is 0 Å². The van der Waals surface area contributed by atoms with E-state index in [-0.39, 0.29) is 35.4 Å². The molecule has 0 saturated carbocycles. The van der Waals surface area contributed by atoms with E-state index in [0.29, 0.717) is 31.2 Å². The lowest BCUT2D eigenvalue weighted by Gasteiger charge is -2.28. The second kappa shape index (κ2) is 11.7. The van der Waals surface area contributed by atoms with E-state index in [1.165, 1.54) is 23.2 Å². The van der Waals surface area contributed by atoms with Gasteiger partial charge in [-0.25, -0.2) is 24.1 Å². The third-order valence-corrected chi connectivity index (χ3v) is 6.76. The van der Waals surface area contributed by atoms with Gasteiger partial charge >= 0.3 is 5.97 Å². The van der Waals surface area contributed by atoms with Crippen LogP contribution in [0.3, 0.4) is 0 Å². The minimum Gasteiger partial charge on any atom is -0.477 e. The summed E-state index contributed by atoms with van der Waals surface area (Å²) in [5.41, 5.74) is 0.169. The van der Waals surface area contributed by atoms with Gasteiger partial charge in [-0.05, 0) is 38.0 Å². The van der Waals surface area contributed by atoms with Gasteiger partial charge in [-0.15, -0.1) is 0 Å². The fourth-order valence-corrected chi connectivity index (χ4v) is 4.76. The highest BCUT2D eigenvalue weighted by Crippen LogP contribution is 2.32. The maximum atomic E-state index is 15.6. The van der Waals surface area contributed by atoms with E-state index >= 15 is 4.39 Å². The molecule has 4 heterocycles. The first kappa shape index (κ1) is 27.0. The monoisotopic (exact) mass is 549 g/mol. The molecule has 0 amide bonds. The number of anilines is 1. The van der Waals surface area contributed by atoms with E-state index in [9.17, 15) is 14.7 Å². The molecule has 11 nitrogen and oxygen atoms in total. The summed E-state index contributed by atoms with van der Waals surface area (Å²) in [7, 11) is 1.55. The van der Waals surface area contributed by atoms with E-state index in [0.717, 1.165) is 24.5 Å². The lowest BCUT2D eigenvalue weighted by Crippen LogP contribution is -2.35. The van der Waals surface area contributed by atoms with E-state index < -0.39 is 22.8 Å². The average Bonchev–Trinajstić information content (AvgIpc) is 3.41. The Hall–Kier alpha value is -4.58. The van der Waals surface area contributed by atoms with Gasteiger partial charge in [0.15, 0.2) is 5.82 Å². The summed E-state index contributed by atoms with van der Waals surface area (Å²) in [6.07, 6.45) is 7.22. The number of ether oxygens (including phenoxy) is 3. The zero-order valence-corrected chi connectivity index (χ0v) is 22.0. The number of hydrogen-bond donors (Lipinski definition) is 1. The summed E-state index contributed by atoms with van der Waals surface area (Å²) in [4.78, 5) is 39.6. The van der Waals surface area contributed by atoms with Gasteiger partial charge < -0.3 is 24.2 Å². The normalized spacial score (nSPS) is 15.0. The maximum absolute atomic E-state index is 15.6. The van der Waals surface area contributed by atoms with Gasteiger partial charge in [0.1, 0.15) is 24.6 Å². The second-order valence-electron chi connectivity index (χ2n) is 9.35. The molecule has 1 aromatic carbocycles. The molecule has 0 aliphatic carbocycles. The number of hydrogen-bond acceptors (Lipinski definition) is 9. The number of aromatic carboxylic acids is 1. The van der Waals surface area contributed by atoms with Crippen LogP contribution in [0.1, 0.15) is 28.8 Å². The molecule has 0 spiro atoms. The lowest BCUT2D eigenvalue weighted by molar-refractivity contribution is 0.0695. The van der Waals surface area contributed by atoms with Gasteiger partial charge in [-0.3, -0.25) is 9.36 Å². The van der Waals surface area contributed by atoms with Crippen LogP contribution in [0, 0.1) is 12.7 Å². The molecule has 1 atom stereocenters. The number of aryl methyl sites for hydroxylation is 1. The summed E-state index contributed by atoms with van der Waals surface area (Å²) in [5, 5.41) is 9.58. The molecule has 1 aliphatic rings. The van der Waals surface area contributed by atoms with Crippen molar-refractivity contribution in [3.8, 4) is 17.6 Å². The third kappa shape index (κ3) is 5.43. The summed E-state index contributed by atoms with van der Waals surface area (Å²) >= 11 is 0. The molecule has 1 N–H and O–H groups in total. The van der Waals surface area contributed by atoms with Crippen molar-refractivity contribution in [3.63, 3.8) is 0 Å². The minimum absolute atomic E-state index is 0.0838. The Morgan fingerprint density at radius 1 is 1.18 bits per heavy atom. The highest BCUT2D eigenvalue weighted by molar-refractivity contribution is 5.94. The first-order valence-electron chi connectivity index (χ1n) is 12.7. The Balaban J connectivity index is 1.53. The Bertz CT molecular complexity index is 1590. The number of halogens is 1. The van der Waals surface area contributed by atoms with Gasteiger partial charge in [0, 0.05) is 31.6 Å². The number of carbonyl (C=O) groups is 1. The molecule has 0 bridgehead atoms. The van der Waals surface area contributed by atoms with Crippen LogP contribution in [0.4, 0.5) is 10.1 Å². The van der Waals surface area contributed by atoms with E-state index in [1.54, 1.807) is 19.4 Å². The Labute approximate surface area is 228 Å². The van der Waals surface area contributed by atoms with Crippen molar-refractivity contribution >= 4 is 22.6 Å². The first-order valence-corrected chi connectivity index (χ1v) is 12.7.